The van der Waals surface area contributed by atoms with Gasteiger partial charge in [0.2, 0.25) is 0 Å². The van der Waals surface area contributed by atoms with Crippen molar-refractivity contribution in [2.24, 2.45) is 5.10 Å². The lowest BCUT2D eigenvalue weighted by Crippen LogP contribution is -2.36. The first-order valence-corrected chi connectivity index (χ1v) is 10.8. The van der Waals surface area contributed by atoms with Gasteiger partial charge >= 0.3 is 0 Å². The van der Waals surface area contributed by atoms with Crippen LogP contribution < -0.4 is 5.11 Å². The minimum Gasteiger partial charge on any atom is -0.858 e. The number of quaternary nitrogens is 1. The molecule has 0 radical (unpaired) electrons. The summed E-state index contributed by atoms with van der Waals surface area (Å²) in [5.74, 6) is 0.0597. The molecule has 0 aromatic rings. The van der Waals surface area contributed by atoms with E-state index < -0.39 is 0 Å². The Labute approximate surface area is 157 Å². The molecule has 0 saturated heterocycles. The highest BCUT2D eigenvalue weighted by Crippen LogP contribution is 2.10. The minimum atomic E-state index is 0.0597. The molecule has 0 aliphatic carbocycles. The van der Waals surface area contributed by atoms with Crippen LogP contribution in [0.2, 0.25) is 0 Å². The summed E-state index contributed by atoms with van der Waals surface area (Å²) in [5.41, 5.74) is 0. The van der Waals surface area contributed by atoms with Gasteiger partial charge in [-0.3, -0.25) is 0 Å². The van der Waals surface area contributed by atoms with Crippen molar-refractivity contribution in [3.8, 4) is 0 Å². The van der Waals surface area contributed by atoms with Gasteiger partial charge in [-0.2, -0.15) is 0 Å². The maximum absolute atomic E-state index is 11.8. The third-order valence-electron chi connectivity index (χ3n) is 4.81. The molecule has 0 saturated carbocycles. The van der Waals surface area contributed by atoms with Crippen molar-refractivity contribution >= 4 is 5.90 Å². The van der Waals surface area contributed by atoms with E-state index in [2.05, 4.69) is 31.1 Å². The van der Waals surface area contributed by atoms with Crippen LogP contribution in [0.15, 0.2) is 17.3 Å². The van der Waals surface area contributed by atoms with Crippen molar-refractivity contribution in [3.05, 3.63) is 12.2 Å². The van der Waals surface area contributed by atoms with Crippen molar-refractivity contribution in [2.45, 2.75) is 104 Å². The Balaban J connectivity index is 3.37. The van der Waals surface area contributed by atoms with Gasteiger partial charge in [0.1, 0.15) is 0 Å². The summed E-state index contributed by atoms with van der Waals surface area (Å²) in [6.45, 7) is 5.18. The molecule has 0 spiro atoms. The van der Waals surface area contributed by atoms with Gasteiger partial charge < -0.3 is 5.11 Å². The molecule has 0 aromatic heterocycles. The lowest BCUT2D eigenvalue weighted by molar-refractivity contribution is -0.896. The smallest absolute Gasteiger partial charge is 0.0998 e. The van der Waals surface area contributed by atoms with E-state index in [0.29, 0.717) is 11.0 Å². The van der Waals surface area contributed by atoms with E-state index in [0.717, 1.165) is 19.4 Å². The first-order chi connectivity index (χ1) is 12.0. The summed E-state index contributed by atoms with van der Waals surface area (Å²) in [5, 5.41) is 16.0. The van der Waals surface area contributed by atoms with Crippen LogP contribution in [0.25, 0.3) is 0 Å². The average Bonchev–Trinajstić information content (AvgIpc) is 2.58. The number of unbranched alkanes of at least 4 members (excludes halogenated alkanes) is 11. The van der Waals surface area contributed by atoms with Gasteiger partial charge in [-0.15, -0.1) is 5.10 Å². The van der Waals surface area contributed by atoms with Crippen molar-refractivity contribution in [1.82, 2.24) is 0 Å². The second kappa shape index (κ2) is 16.6. The third-order valence-corrected chi connectivity index (χ3v) is 4.81. The Morgan fingerprint density at radius 2 is 1.24 bits per heavy atom. The molecule has 148 valence electrons. The molecule has 0 aliphatic heterocycles. The number of hydrogen-bond acceptors (Lipinski definition) is 2. The van der Waals surface area contributed by atoms with Crippen LogP contribution in [-0.4, -0.2) is 31.1 Å². The van der Waals surface area contributed by atoms with E-state index in [4.69, 9.17) is 0 Å². The van der Waals surface area contributed by atoms with Crippen molar-refractivity contribution in [1.29, 1.82) is 0 Å². The monoisotopic (exact) mass is 352 g/mol. The second-order valence-corrected chi connectivity index (χ2v) is 7.77. The third kappa shape index (κ3) is 17.8. The Morgan fingerprint density at radius 3 is 1.76 bits per heavy atom. The SMILES string of the molecule is CCCCCCCC/C=C\CCCCCCC/C([O-])=N/[N+](C)(C)CC. The largest absolute Gasteiger partial charge is 0.858 e. The van der Waals surface area contributed by atoms with Crippen LogP contribution in [-0.2, 0) is 0 Å². The van der Waals surface area contributed by atoms with Crippen LogP contribution in [0.3, 0.4) is 0 Å². The van der Waals surface area contributed by atoms with E-state index in [1.54, 1.807) is 0 Å². The molecule has 0 amide bonds. The Hall–Kier alpha value is -0.830. The average molecular weight is 353 g/mol. The highest BCUT2D eigenvalue weighted by atomic mass is 16.3. The standard InChI is InChI=1S/C22H44N2O/c1-5-7-8-9-10-11-12-13-14-15-16-17-18-19-20-21-22(25)23-24(3,4)6-2/h13-14H,5-12,15-21H2,1-4H3/b14-13-. The quantitative estimate of drug-likeness (QED) is 0.0814. The fourth-order valence-electron chi connectivity index (χ4n) is 2.77. The topological polar surface area (TPSA) is 35.4 Å². The van der Waals surface area contributed by atoms with Crippen molar-refractivity contribution < 1.29 is 9.70 Å². The Morgan fingerprint density at radius 1 is 0.760 bits per heavy atom. The summed E-state index contributed by atoms with van der Waals surface area (Å²) in [7, 11) is 3.94. The Bertz CT molecular complexity index is 348. The van der Waals surface area contributed by atoms with E-state index in [9.17, 15) is 5.11 Å². The maximum atomic E-state index is 11.8. The van der Waals surface area contributed by atoms with Crippen molar-refractivity contribution in [3.63, 3.8) is 0 Å². The molecule has 0 fully saturated rings. The molecule has 0 heterocycles. The van der Waals surface area contributed by atoms with Crippen LogP contribution >= 0.6 is 0 Å². The lowest BCUT2D eigenvalue weighted by atomic mass is 10.1. The zero-order valence-corrected chi connectivity index (χ0v) is 17.6. The molecule has 0 aromatic carbocycles. The summed E-state index contributed by atoms with van der Waals surface area (Å²) in [6, 6.07) is 0. The van der Waals surface area contributed by atoms with Gasteiger partial charge in [-0.1, -0.05) is 70.4 Å². The molecule has 3 heteroatoms. The fraction of sp³-hybridized carbons (Fsp3) is 0.864. The number of allylic oxidation sites excluding steroid dienone is 2. The van der Waals surface area contributed by atoms with E-state index in [1.807, 2.05) is 14.1 Å². The van der Waals surface area contributed by atoms with Gasteiger partial charge in [0.25, 0.3) is 0 Å². The zero-order chi connectivity index (χ0) is 18.8. The lowest BCUT2D eigenvalue weighted by Gasteiger charge is -2.23. The molecule has 0 N–H and O–H groups in total. The minimum absolute atomic E-state index is 0.0597. The van der Waals surface area contributed by atoms with Crippen LogP contribution in [0, 0.1) is 0 Å². The first kappa shape index (κ1) is 24.2. The molecule has 0 atom stereocenters. The molecule has 3 nitrogen and oxygen atoms in total. The molecule has 0 aliphatic rings. The zero-order valence-electron chi connectivity index (χ0n) is 17.6. The summed E-state index contributed by atoms with van der Waals surface area (Å²) in [4.78, 5) is 0. The molecule has 25 heavy (non-hydrogen) atoms. The van der Waals surface area contributed by atoms with E-state index >= 15 is 0 Å². The maximum Gasteiger partial charge on any atom is 0.0998 e. The van der Waals surface area contributed by atoms with Gasteiger partial charge in [0.15, 0.2) is 0 Å². The van der Waals surface area contributed by atoms with Crippen LogP contribution in [0.4, 0.5) is 0 Å². The first-order valence-electron chi connectivity index (χ1n) is 10.8. The van der Waals surface area contributed by atoms with E-state index in [1.165, 1.54) is 70.6 Å². The summed E-state index contributed by atoms with van der Waals surface area (Å²) < 4.78 is 0.448. The summed E-state index contributed by atoms with van der Waals surface area (Å²) >= 11 is 0. The van der Waals surface area contributed by atoms with Crippen molar-refractivity contribution in [2.75, 3.05) is 20.6 Å². The predicted molar refractivity (Wildman–Crippen MR) is 110 cm³/mol. The molecule has 0 rings (SSSR count). The van der Waals surface area contributed by atoms with Gasteiger partial charge in [-0.05, 0) is 45.4 Å². The molecular formula is C22H44N2O. The van der Waals surface area contributed by atoms with Gasteiger partial charge in [-0.25, -0.2) is 4.59 Å². The van der Waals surface area contributed by atoms with E-state index in [-0.39, 0.29) is 5.90 Å². The van der Waals surface area contributed by atoms with Crippen LogP contribution in [0.1, 0.15) is 104 Å². The van der Waals surface area contributed by atoms with Gasteiger partial charge in [0.05, 0.1) is 20.6 Å². The number of hydrogen-bond donors (Lipinski definition) is 0. The number of nitrogens with zero attached hydrogens (tertiary/aromatic N) is 2. The van der Waals surface area contributed by atoms with Gasteiger partial charge in [0, 0.05) is 5.90 Å². The van der Waals surface area contributed by atoms with Crippen LogP contribution in [0.5, 0.6) is 0 Å². The Kier molecular flexibility index (Phi) is 16.1. The molecule has 0 bridgehead atoms. The predicted octanol–water partition coefficient (Wildman–Crippen LogP) is 5.79. The normalized spacial score (nSPS) is 13.0. The highest BCUT2D eigenvalue weighted by Gasteiger charge is 2.08. The number of rotatable bonds is 17. The highest BCUT2D eigenvalue weighted by molar-refractivity contribution is 5.70. The molecule has 0 unspecified atom stereocenters. The molecular weight excluding hydrogens is 308 g/mol. The second-order valence-electron chi connectivity index (χ2n) is 7.77. The summed E-state index contributed by atoms with van der Waals surface area (Å²) in [6.07, 6.45) is 22.1. The fourth-order valence-corrected chi connectivity index (χ4v) is 2.77.